The number of nitrogens with two attached hydrogens (primary N) is 1. The topological polar surface area (TPSA) is 139 Å². The van der Waals surface area contributed by atoms with Crippen LogP contribution in [-0.4, -0.2) is 41.4 Å². The molecule has 120 valence electrons. The highest BCUT2D eigenvalue weighted by molar-refractivity contribution is 5.85. The van der Waals surface area contributed by atoms with Crippen LogP contribution in [0.2, 0.25) is 0 Å². The van der Waals surface area contributed by atoms with E-state index in [1.54, 1.807) is 20.8 Å². The van der Waals surface area contributed by atoms with Crippen molar-refractivity contribution in [2.45, 2.75) is 46.1 Å². The van der Waals surface area contributed by atoms with E-state index in [9.17, 15) is 19.2 Å². The third-order valence-electron chi connectivity index (χ3n) is 2.63. The maximum absolute atomic E-state index is 11.6. The Kier molecular flexibility index (Phi) is 7.40. The normalized spacial score (nSPS) is 12.3. The Morgan fingerprint density at radius 3 is 2.14 bits per heavy atom. The number of carboxylic acids is 1. The van der Waals surface area contributed by atoms with Crippen LogP contribution in [-0.2, 0) is 19.2 Å². The van der Waals surface area contributed by atoms with E-state index in [-0.39, 0.29) is 31.7 Å². The Morgan fingerprint density at radius 2 is 1.71 bits per heavy atom. The summed E-state index contributed by atoms with van der Waals surface area (Å²) in [6, 6.07) is -1.16. The molecule has 0 aliphatic carbocycles. The van der Waals surface area contributed by atoms with Gasteiger partial charge in [-0.1, -0.05) is 20.8 Å². The fourth-order valence-corrected chi connectivity index (χ4v) is 1.37. The number of carbonyl (C=O) groups is 4. The van der Waals surface area contributed by atoms with Gasteiger partial charge in [-0.15, -0.1) is 0 Å². The first-order valence-corrected chi connectivity index (χ1v) is 6.63. The highest BCUT2D eigenvalue weighted by Crippen LogP contribution is 2.12. The van der Waals surface area contributed by atoms with Gasteiger partial charge in [-0.25, -0.2) is 4.79 Å². The van der Waals surface area contributed by atoms with Crippen molar-refractivity contribution >= 4 is 23.7 Å². The lowest BCUT2D eigenvalue weighted by Gasteiger charge is -2.18. The maximum atomic E-state index is 11.6. The molecule has 0 aromatic heterocycles. The zero-order valence-corrected chi connectivity index (χ0v) is 12.6. The Labute approximate surface area is 123 Å². The number of nitrogens with one attached hydrogen (secondary N) is 2. The molecular weight excluding hydrogens is 278 g/mol. The first-order chi connectivity index (χ1) is 9.54. The SMILES string of the molecule is CC(C)(C)C(=O)NCCC(=O)NC(CCC(N)=O)C(=O)O. The lowest BCUT2D eigenvalue weighted by atomic mass is 9.96. The number of carboxylic acid groups (broad SMARTS) is 1. The van der Waals surface area contributed by atoms with Gasteiger partial charge in [-0.2, -0.15) is 0 Å². The van der Waals surface area contributed by atoms with Crippen molar-refractivity contribution in [3.8, 4) is 0 Å². The van der Waals surface area contributed by atoms with E-state index in [4.69, 9.17) is 10.8 Å². The third-order valence-corrected chi connectivity index (χ3v) is 2.63. The fourth-order valence-electron chi connectivity index (χ4n) is 1.37. The van der Waals surface area contributed by atoms with Gasteiger partial charge in [-0.05, 0) is 6.42 Å². The predicted molar refractivity (Wildman–Crippen MR) is 75.1 cm³/mol. The van der Waals surface area contributed by atoms with Gasteiger partial charge in [0.2, 0.25) is 17.7 Å². The first-order valence-electron chi connectivity index (χ1n) is 6.63. The Hall–Kier alpha value is -2.12. The van der Waals surface area contributed by atoms with Gasteiger partial charge in [-0.3, -0.25) is 14.4 Å². The van der Waals surface area contributed by atoms with Gasteiger partial charge in [0.05, 0.1) is 0 Å². The molecule has 0 heterocycles. The number of hydrogen-bond donors (Lipinski definition) is 4. The molecule has 0 radical (unpaired) electrons. The minimum atomic E-state index is -1.23. The van der Waals surface area contributed by atoms with E-state index in [1.165, 1.54) is 0 Å². The van der Waals surface area contributed by atoms with Gasteiger partial charge >= 0.3 is 5.97 Å². The van der Waals surface area contributed by atoms with Gasteiger partial charge in [0.15, 0.2) is 0 Å². The smallest absolute Gasteiger partial charge is 0.326 e. The molecule has 0 aromatic carbocycles. The second-order valence-electron chi connectivity index (χ2n) is 5.72. The summed E-state index contributed by atoms with van der Waals surface area (Å²) in [6.07, 6.45) is -0.231. The van der Waals surface area contributed by atoms with Crippen LogP contribution in [0.25, 0.3) is 0 Å². The molecular formula is C13H23N3O5. The average molecular weight is 301 g/mol. The quantitative estimate of drug-likeness (QED) is 0.473. The number of aliphatic carboxylic acids is 1. The second-order valence-corrected chi connectivity index (χ2v) is 5.72. The van der Waals surface area contributed by atoms with Crippen LogP contribution >= 0.6 is 0 Å². The van der Waals surface area contributed by atoms with Crippen molar-refractivity contribution in [3.05, 3.63) is 0 Å². The van der Waals surface area contributed by atoms with Gasteiger partial charge < -0.3 is 21.5 Å². The average Bonchev–Trinajstić information content (AvgIpc) is 2.32. The Morgan fingerprint density at radius 1 is 1.14 bits per heavy atom. The summed E-state index contributed by atoms with van der Waals surface area (Å²) in [7, 11) is 0. The van der Waals surface area contributed by atoms with Crippen molar-refractivity contribution in [1.29, 1.82) is 0 Å². The standard InChI is InChI=1S/C13H23N3O5/c1-13(2,3)12(21)15-7-6-10(18)16-8(11(19)20)4-5-9(14)17/h8H,4-7H2,1-3H3,(H2,14,17)(H,15,21)(H,16,18)(H,19,20). The van der Waals surface area contributed by atoms with Gasteiger partial charge in [0, 0.05) is 24.8 Å². The summed E-state index contributed by atoms with van der Waals surface area (Å²) < 4.78 is 0. The molecule has 0 saturated carbocycles. The highest BCUT2D eigenvalue weighted by atomic mass is 16.4. The molecule has 3 amide bonds. The summed E-state index contributed by atoms with van der Waals surface area (Å²) in [4.78, 5) is 44.7. The highest BCUT2D eigenvalue weighted by Gasteiger charge is 2.22. The monoisotopic (exact) mass is 301 g/mol. The predicted octanol–water partition coefficient (Wildman–Crippen LogP) is -0.626. The minimum Gasteiger partial charge on any atom is -0.480 e. The van der Waals surface area contributed by atoms with Crippen LogP contribution < -0.4 is 16.4 Å². The molecule has 0 aliphatic rings. The molecule has 0 aliphatic heterocycles. The maximum Gasteiger partial charge on any atom is 0.326 e. The molecule has 1 unspecified atom stereocenters. The molecule has 1 atom stereocenters. The summed E-state index contributed by atoms with van der Waals surface area (Å²) in [5.74, 6) is -2.57. The van der Waals surface area contributed by atoms with Crippen molar-refractivity contribution in [2.75, 3.05) is 6.54 Å². The first kappa shape index (κ1) is 18.9. The number of carbonyl (C=O) groups excluding carboxylic acids is 3. The van der Waals surface area contributed by atoms with E-state index in [2.05, 4.69) is 10.6 Å². The van der Waals surface area contributed by atoms with Gasteiger partial charge in [0.1, 0.15) is 6.04 Å². The van der Waals surface area contributed by atoms with Crippen molar-refractivity contribution < 1.29 is 24.3 Å². The van der Waals surface area contributed by atoms with Crippen molar-refractivity contribution in [1.82, 2.24) is 10.6 Å². The lowest BCUT2D eigenvalue weighted by Crippen LogP contribution is -2.43. The molecule has 0 saturated heterocycles. The lowest BCUT2D eigenvalue weighted by molar-refractivity contribution is -0.142. The minimum absolute atomic E-state index is 0.0395. The molecule has 0 fully saturated rings. The van der Waals surface area contributed by atoms with Crippen molar-refractivity contribution in [3.63, 3.8) is 0 Å². The molecule has 0 spiro atoms. The van der Waals surface area contributed by atoms with Gasteiger partial charge in [0.25, 0.3) is 0 Å². The zero-order chi connectivity index (χ0) is 16.6. The summed E-state index contributed by atoms with van der Waals surface area (Å²) >= 11 is 0. The zero-order valence-electron chi connectivity index (χ0n) is 12.6. The molecule has 0 aromatic rings. The van der Waals surface area contributed by atoms with Crippen LogP contribution in [0, 0.1) is 5.41 Å². The van der Waals surface area contributed by atoms with E-state index in [1.807, 2.05) is 0 Å². The molecule has 0 rings (SSSR count). The number of rotatable bonds is 8. The van der Waals surface area contributed by atoms with Crippen molar-refractivity contribution in [2.24, 2.45) is 11.1 Å². The Balaban J connectivity index is 4.18. The molecule has 21 heavy (non-hydrogen) atoms. The molecule has 5 N–H and O–H groups in total. The van der Waals surface area contributed by atoms with Crippen LogP contribution in [0.15, 0.2) is 0 Å². The van der Waals surface area contributed by atoms with E-state index in [0.29, 0.717) is 0 Å². The van der Waals surface area contributed by atoms with Crippen LogP contribution in [0.4, 0.5) is 0 Å². The summed E-state index contributed by atoms with van der Waals surface area (Å²) in [5.41, 5.74) is 4.38. The number of hydrogen-bond acceptors (Lipinski definition) is 4. The van der Waals surface area contributed by atoms with E-state index >= 15 is 0 Å². The largest absolute Gasteiger partial charge is 0.480 e. The summed E-state index contributed by atoms with van der Waals surface area (Å²) in [6.45, 7) is 5.34. The molecule has 0 bridgehead atoms. The molecule has 8 heteroatoms. The number of amides is 3. The van der Waals surface area contributed by atoms with Crippen LogP contribution in [0.1, 0.15) is 40.0 Å². The van der Waals surface area contributed by atoms with Crippen LogP contribution in [0.5, 0.6) is 0 Å². The second kappa shape index (κ2) is 8.23. The number of primary amides is 1. The Bertz CT molecular complexity index is 415. The fraction of sp³-hybridized carbons (Fsp3) is 0.692. The molecule has 8 nitrogen and oxygen atoms in total. The van der Waals surface area contributed by atoms with E-state index in [0.717, 1.165) is 0 Å². The van der Waals surface area contributed by atoms with Crippen LogP contribution in [0.3, 0.4) is 0 Å². The van der Waals surface area contributed by atoms with E-state index < -0.39 is 29.2 Å². The summed E-state index contributed by atoms with van der Waals surface area (Å²) in [5, 5.41) is 13.8. The third kappa shape index (κ3) is 8.61.